The van der Waals surface area contributed by atoms with Gasteiger partial charge in [-0.1, -0.05) is 43.3 Å². The lowest BCUT2D eigenvalue weighted by Crippen LogP contribution is -2.05. The minimum atomic E-state index is -0.633. The number of rotatable bonds is 4. The summed E-state index contributed by atoms with van der Waals surface area (Å²) in [4.78, 5) is 0. The largest absolute Gasteiger partial charge is 0.388 e. The van der Waals surface area contributed by atoms with Crippen LogP contribution < -0.4 is 0 Å². The minimum Gasteiger partial charge on any atom is -0.388 e. The summed E-state index contributed by atoms with van der Waals surface area (Å²) in [5.74, 6) is -0.0640. The van der Waals surface area contributed by atoms with Crippen molar-refractivity contribution >= 4 is 0 Å². The highest BCUT2D eigenvalue weighted by atomic mass is 19.1. The molecule has 100 valence electrons. The molecule has 0 aromatic heterocycles. The van der Waals surface area contributed by atoms with E-state index >= 15 is 0 Å². The highest BCUT2D eigenvalue weighted by Crippen LogP contribution is 2.29. The van der Waals surface area contributed by atoms with Crippen LogP contribution >= 0.6 is 0 Å². The third-order valence-corrected chi connectivity index (χ3v) is 3.55. The fraction of sp³-hybridized carbons (Fsp3) is 0.294. The van der Waals surface area contributed by atoms with E-state index in [0.29, 0.717) is 12.0 Å². The standard InChI is InChI=1S/C17H19FO/c1-12-8-9-15(18)11-16(12)17(19)10-13(2)14-6-4-3-5-7-14/h3-9,11,13,17,19H,10H2,1-2H3. The van der Waals surface area contributed by atoms with Gasteiger partial charge in [-0.2, -0.15) is 0 Å². The molecule has 2 rings (SSSR count). The molecule has 0 bridgehead atoms. The van der Waals surface area contributed by atoms with E-state index in [0.717, 1.165) is 5.56 Å². The summed E-state index contributed by atoms with van der Waals surface area (Å²) in [5.41, 5.74) is 2.80. The maximum absolute atomic E-state index is 13.3. The van der Waals surface area contributed by atoms with Gasteiger partial charge in [-0.05, 0) is 48.1 Å². The Balaban J connectivity index is 2.13. The number of halogens is 1. The lowest BCUT2D eigenvalue weighted by Gasteiger charge is -2.18. The van der Waals surface area contributed by atoms with E-state index in [-0.39, 0.29) is 11.7 Å². The van der Waals surface area contributed by atoms with Crippen molar-refractivity contribution in [3.63, 3.8) is 0 Å². The monoisotopic (exact) mass is 258 g/mol. The fourth-order valence-electron chi connectivity index (χ4n) is 2.35. The zero-order chi connectivity index (χ0) is 13.8. The van der Waals surface area contributed by atoms with Crippen LogP contribution in [-0.2, 0) is 0 Å². The van der Waals surface area contributed by atoms with E-state index in [9.17, 15) is 9.50 Å². The van der Waals surface area contributed by atoms with Gasteiger partial charge in [0, 0.05) is 0 Å². The number of aliphatic hydroxyl groups is 1. The first-order valence-electron chi connectivity index (χ1n) is 6.57. The quantitative estimate of drug-likeness (QED) is 0.863. The van der Waals surface area contributed by atoms with E-state index in [4.69, 9.17) is 0 Å². The molecule has 0 aliphatic carbocycles. The molecule has 0 fully saturated rings. The SMILES string of the molecule is Cc1ccc(F)cc1C(O)CC(C)c1ccccc1. The molecule has 0 amide bonds. The second kappa shape index (κ2) is 5.98. The minimum absolute atomic E-state index is 0.235. The van der Waals surface area contributed by atoms with Crippen LogP contribution in [0.5, 0.6) is 0 Å². The maximum atomic E-state index is 13.3. The lowest BCUT2D eigenvalue weighted by molar-refractivity contribution is 0.158. The van der Waals surface area contributed by atoms with E-state index in [2.05, 4.69) is 19.1 Å². The number of hydrogen-bond donors (Lipinski definition) is 1. The molecule has 1 N–H and O–H groups in total. The third-order valence-electron chi connectivity index (χ3n) is 3.55. The summed E-state index contributed by atoms with van der Waals surface area (Å²) in [6.45, 7) is 3.97. The molecular formula is C17H19FO. The predicted molar refractivity (Wildman–Crippen MR) is 75.6 cm³/mol. The summed E-state index contributed by atoms with van der Waals surface area (Å²) in [6, 6.07) is 14.6. The molecule has 2 atom stereocenters. The van der Waals surface area contributed by atoms with Crippen LogP contribution in [0.1, 0.15) is 42.1 Å². The molecule has 19 heavy (non-hydrogen) atoms. The smallest absolute Gasteiger partial charge is 0.123 e. The molecule has 0 aliphatic rings. The van der Waals surface area contributed by atoms with Crippen LogP contribution in [-0.4, -0.2) is 5.11 Å². The molecule has 1 nitrogen and oxygen atoms in total. The lowest BCUT2D eigenvalue weighted by atomic mass is 9.91. The van der Waals surface area contributed by atoms with Gasteiger partial charge in [0.05, 0.1) is 6.10 Å². The molecular weight excluding hydrogens is 239 g/mol. The average molecular weight is 258 g/mol. The Morgan fingerprint density at radius 3 is 2.47 bits per heavy atom. The Labute approximate surface area is 113 Å². The highest BCUT2D eigenvalue weighted by Gasteiger charge is 2.16. The molecule has 2 aromatic rings. The molecule has 0 saturated carbocycles. The number of aryl methyl sites for hydroxylation is 1. The highest BCUT2D eigenvalue weighted by molar-refractivity contribution is 5.29. The van der Waals surface area contributed by atoms with Gasteiger partial charge < -0.3 is 5.11 Å². The van der Waals surface area contributed by atoms with Gasteiger partial charge in [-0.15, -0.1) is 0 Å². The van der Waals surface area contributed by atoms with Crippen molar-refractivity contribution in [3.8, 4) is 0 Å². The first kappa shape index (κ1) is 13.8. The maximum Gasteiger partial charge on any atom is 0.123 e. The van der Waals surface area contributed by atoms with Gasteiger partial charge in [0.15, 0.2) is 0 Å². The van der Waals surface area contributed by atoms with E-state index < -0.39 is 6.10 Å². The van der Waals surface area contributed by atoms with Crippen LogP contribution in [0.25, 0.3) is 0 Å². The average Bonchev–Trinajstić information content (AvgIpc) is 2.42. The van der Waals surface area contributed by atoms with Gasteiger partial charge in [0.1, 0.15) is 5.82 Å². The Kier molecular flexibility index (Phi) is 4.33. The Morgan fingerprint density at radius 1 is 1.11 bits per heavy atom. The Hall–Kier alpha value is -1.67. The number of hydrogen-bond acceptors (Lipinski definition) is 1. The first-order valence-corrected chi connectivity index (χ1v) is 6.57. The Bertz CT molecular complexity index is 536. The number of benzene rings is 2. The zero-order valence-electron chi connectivity index (χ0n) is 11.3. The van der Waals surface area contributed by atoms with Crippen molar-refractivity contribution in [2.24, 2.45) is 0 Å². The molecule has 2 heteroatoms. The summed E-state index contributed by atoms with van der Waals surface area (Å²) in [7, 11) is 0. The summed E-state index contributed by atoms with van der Waals surface area (Å²) >= 11 is 0. The summed E-state index contributed by atoms with van der Waals surface area (Å²) in [5, 5.41) is 10.3. The van der Waals surface area contributed by atoms with E-state index in [1.807, 2.05) is 25.1 Å². The summed E-state index contributed by atoms with van der Waals surface area (Å²) < 4.78 is 13.3. The molecule has 0 heterocycles. The van der Waals surface area contributed by atoms with Crippen LogP contribution in [0.2, 0.25) is 0 Å². The van der Waals surface area contributed by atoms with Crippen LogP contribution in [0.4, 0.5) is 4.39 Å². The van der Waals surface area contributed by atoms with Crippen molar-refractivity contribution in [2.75, 3.05) is 0 Å². The second-order valence-electron chi connectivity index (χ2n) is 5.06. The van der Waals surface area contributed by atoms with Gasteiger partial charge in [0.25, 0.3) is 0 Å². The van der Waals surface area contributed by atoms with Gasteiger partial charge in [0.2, 0.25) is 0 Å². The molecule has 2 unspecified atom stereocenters. The van der Waals surface area contributed by atoms with E-state index in [1.54, 1.807) is 6.07 Å². The number of aliphatic hydroxyl groups excluding tert-OH is 1. The second-order valence-corrected chi connectivity index (χ2v) is 5.06. The van der Waals surface area contributed by atoms with Crippen molar-refractivity contribution in [1.82, 2.24) is 0 Å². The normalized spacial score (nSPS) is 14.1. The molecule has 0 spiro atoms. The van der Waals surface area contributed by atoms with Crippen LogP contribution in [0.15, 0.2) is 48.5 Å². The van der Waals surface area contributed by atoms with Gasteiger partial charge in [-0.25, -0.2) is 4.39 Å². The molecule has 0 radical (unpaired) electrons. The molecule has 0 saturated heterocycles. The van der Waals surface area contributed by atoms with Crippen LogP contribution in [0, 0.1) is 12.7 Å². The van der Waals surface area contributed by atoms with Crippen LogP contribution in [0.3, 0.4) is 0 Å². The van der Waals surface area contributed by atoms with Crippen molar-refractivity contribution in [3.05, 3.63) is 71.0 Å². The van der Waals surface area contributed by atoms with Gasteiger partial charge in [-0.3, -0.25) is 0 Å². The fourth-order valence-corrected chi connectivity index (χ4v) is 2.35. The third kappa shape index (κ3) is 3.42. The van der Waals surface area contributed by atoms with Crippen molar-refractivity contribution in [1.29, 1.82) is 0 Å². The zero-order valence-corrected chi connectivity index (χ0v) is 11.3. The van der Waals surface area contributed by atoms with Crippen molar-refractivity contribution < 1.29 is 9.50 Å². The van der Waals surface area contributed by atoms with Crippen molar-refractivity contribution in [2.45, 2.75) is 32.3 Å². The van der Waals surface area contributed by atoms with E-state index in [1.165, 1.54) is 17.7 Å². The Morgan fingerprint density at radius 2 is 1.79 bits per heavy atom. The summed E-state index contributed by atoms with van der Waals surface area (Å²) in [6.07, 6.45) is -0.0418. The first-order chi connectivity index (χ1) is 9.08. The molecule has 0 aliphatic heterocycles. The van der Waals surface area contributed by atoms with Gasteiger partial charge >= 0.3 is 0 Å². The predicted octanol–water partition coefficient (Wildman–Crippen LogP) is 4.36. The topological polar surface area (TPSA) is 20.2 Å². The molecule has 2 aromatic carbocycles.